The maximum absolute atomic E-state index is 13.4. The van der Waals surface area contributed by atoms with E-state index in [1.807, 2.05) is 32.8 Å². The maximum Gasteiger partial charge on any atom is 0.294 e. The molecular weight excluding hydrogens is 273 g/mol. The van der Waals surface area contributed by atoms with Gasteiger partial charge in [-0.2, -0.15) is 0 Å². The van der Waals surface area contributed by atoms with Crippen molar-refractivity contribution in [3.05, 3.63) is 33.1 Å². The average molecular weight is 290 g/mol. The van der Waals surface area contributed by atoms with Crippen LogP contribution in [0, 0.1) is 15.9 Å². The van der Waals surface area contributed by atoms with Gasteiger partial charge in [-0.3, -0.25) is 10.1 Å². The normalized spacial score (nSPS) is 11.7. The fourth-order valence-corrected chi connectivity index (χ4v) is 1.46. The van der Waals surface area contributed by atoms with Crippen molar-refractivity contribution in [3.8, 4) is 0 Å². The van der Waals surface area contributed by atoms with E-state index < -0.39 is 10.7 Å². The number of nitrogens with zero attached hydrogens (tertiary/aromatic N) is 2. The Morgan fingerprint density at radius 3 is 2.53 bits per heavy atom. The molecule has 5 nitrogen and oxygen atoms in total. The lowest BCUT2D eigenvalue weighted by atomic mass is 10.0. The standard InChI is InChI=1S/C12H17ClFN3O2/c1-12(2,16(3)4)7-15-10-6-9(14)8(13)5-11(10)17(18)19/h5-6,15H,7H2,1-4H3. The Morgan fingerprint density at radius 1 is 1.47 bits per heavy atom. The minimum absolute atomic E-state index is 0.127. The Hall–Kier alpha value is -1.40. The number of hydrogen-bond acceptors (Lipinski definition) is 4. The topological polar surface area (TPSA) is 58.4 Å². The molecule has 0 saturated heterocycles. The number of halogens is 2. The summed E-state index contributed by atoms with van der Waals surface area (Å²) in [6.07, 6.45) is 0. The Kier molecular flexibility index (Phi) is 4.70. The molecule has 0 amide bonds. The van der Waals surface area contributed by atoms with Gasteiger partial charge >= 0.3 is 0 Å². The van der Waals surface area contributed by atoms with Crippen LogP contribution in [0.2, 0.25) is 5.02 Å². The molecule has 0 aromatic heterocycles. The predicted octanol–water partition coefficient (Wildman–Crippen LogP) is 3.14. The lowest BCUT2D eigenvalue weighted by Crippen LogP contribution is -2.44. The molecule has 0 aliphatic heterocycles. The molecule has 0 aliphatic carbocycles. The van der Waals surface area contributed by atoms with Gasteiger partial charge in [-0.1, -0.05) is 11.6 Å². The Labute approximate surface area is 116 Å². The summed E-state index contributed by atoms with van der Waals surface area (Å²) in [6.45, 7) is 4.37. The highest BCUT2D eigenvalue weighted by molar-refractivity contribution is 6.31. The summed E-state index contributed by atoms with van der Waals surface area (Å²) < 4.78 is 13.4. The third kappa shape index (κ3) is 3.78. The molecule has 106 valence electrons. The molecule has 1 rings (SSSR count). The van der Waals surface area contributed by atoms with Gasteiger partial charge in [0.15, 0.2) is 0 Å². The number of nitro benzene ring substituents is 1. The number of rotatable bonds is 5. The molecule has 0 fully saturated rings. The number of anilines is 1. The summed E-state index contributed by atoms with van der Waals surface area (Å²) >= 11 is 5.55. The zero-order chi connectivity index (χ0) is 14.8. The van der Waals surface area contributed by atoms with Gasteiger partial charge < -0.3 is 10.2 Å². The lowest BCUT2D eigenvalue weighted by molar-refractivity contribution is -0.384. The second kappa shape index (κ2) is 5.71. The highest BCUT2D eigenvalue weighted by Gasteiger charge is 2.23. The van der Waals surface area contributed by atoms with Gasteiger partial charge in [0, 0.05) is 24.2 Å². The van der Waals surface area contributed by atoms with Crippen LogP contribution in [0.4, 0.5) is 15.8 Å². The van der Waals surface area contributed by atoms with Crippen LogP contribution in [0.3, 0.4) is 0 Å². The number of hydrogen-bond donors (Lipinski definition) is 1. The van der Waals surface area contributed by atoms with Crippen molar-refractivity contribution >= 4 is 23.0 Å². The van der Waals surface area contributed by atoms with Crippen LogP contribution in [0.25, 0.3) is 0 Å². The molecule has 0 saturated carbocycles. The molecule has 1 aromatic rings. The van der Waals surface area contributed by atoms with E-state index in [9.17, 15) is 14.5 Å². The van der Waals surface area contributed by atoms with E-state index in [1.54, 1.807) is 0 Å². The first-order chi connectivity index (χ1) is 8.65. The zero-order valence-electron chi connectivity index (χ0n) is 11.3. The Balaban J connectivity index is 3.01. The van der Waals surface area contributed by atoms with Crippen molar-refractivity contribution in [3.63, 3.8) is 0 Å². The van der Waals surface area contributed by atoms with E-state index in [1.165, 1.54) is 0 Å². The molecule has 0 aliphatic rings. The molecule has 0 bridgehead atoms. The molecule has 0 atom stereocenters. The first-order valence-electron chi connectivity index (χ1n) is 5.70. The first-order valence-corrected chi connectivity index (χ1v) is 6.07. The predicted molar refractivity (Wildman–Crippen MR) is 74.3 cm³/mol. The van der Waals surface area contributed by atoms with E-state index in [2.05, 4.69) is 5.32 Å². The molecule has 7 heteroatoms. The number of likely N-dealkylation sites (N-methyl/N-ethyl adjacent to an activating group) is 1. The molecule has 1 N–H and O–H groups in total. The van der Waals surface area contributed by atoms with Crippen LogP contribution in [0.1, 0.15) is 13.8 Å². The molecular formula is C12H17ClFN3O2. The SMILES string of the molecule is CN(C)C(C)(C)CNc1cc(F)c(Cl)cc1[N+](=O)[O-]. The summed E-state index contributed by atoms with van der Waals surface area (Å²) in [7, 11) is 3.80. The molecule has 0 heterocycles. The smallest absolute Gasteiger partial charge is 0.294 e. The van der Waals surface area contributed by atoms with Crippen LogP contribution < -0.4 is 5.32 Å². The zero-order valence-corrected chi connectivity index (χ0v) is 12.1. The molecule has 0 unspecified atom stereocenters. The van der Waals surface area contributed by atoms with Crippen molar-refractivity contribution in [2.75, 3.05) is 26.0 Å². The van der Waals surface area contributed by atoms with E-state index in [0.717, 1.165) is 12.1 Å². The summed E-state index contributed by atoms with van der Waals surface area (Å²) in [4.78, 5) is 12.3. The number of nitrogens with one attached hydrogen (secondary N) is 1. The summed E-state index contributed by atoms with van der Waals surface area (Å²) in [5, 5.41) is 13.6. The molecule has 0 radical (unpaired) electrons. The van der Waals surface area contributed by atoms with Crippen LogP contribution in [-0.2, 0) is 0 Å². The monoisotopic (exact) mass is 289 g/mol. The Morgan fingerprint density at radius 2 is 2.05 bits per heavy atom. The van der Waals surface area contributed by atoms with E-state index in [4.69, 9.17) is 11.6 Å². The summed E-state index contributed by atoms with van der Waals surface area (Å²) in [5.74, 6) is -0.683. The second-order valence-corrected chi connectivity index (χ2v) is 5.51. The van der Waals surface area contributed by atoms with Gasteiger partial charge in [-0.05, 0) is 27.9 Å². The van der Waals surface area contributed by atoms with Crippen LogP contribution >= 0.6 is 11.6 Å². The van der Waals surface area contributed by atoms with Crippen molar-refractivity contribution in [1.82, 2.24) is 4.90 Å². The largest absolute Gasteiger partial charge is 0.378 e. The number of nitro groups is 1. The van der Waals surface area contributed by atoms with E-state index in [-0.39, 0.29) is 21.9 Å². The van der Waals surface area contributed by atoms with Gasteiger partial charge in [0.25, 0.3) is 5.69 Å². The highest BCUT2D eigenvalue weighted by Crippen LogP contribution is 2.30. The summed E-state index contributed by atoms with van der Waals surface area (Å²) in [6, 6.07) is 2.06. The third-order valence-electron chi connectivity index (χ3n) is 3.16. The van der Waals surface area contributed by atoms with E-state index in [0.29, 0.717) is 6.54 Å². The quantitative estimate of drug-likeness (QED) is 0.668. The van der Waals surface area contributed by atoms with Crippen LogP contribution in [0.5, 0.6) is 0 Å². The molecule has 0 spiro atoms. The minimum atomic E-state index is -0.683. The third-order valence-corrected chi connectivity index (χ3v) is 3.45. The number of benzene rings is 1. The second-order valence-electron chi connectivity index (χ2n) is 5.10. The fourth-order valence-electron chi connectivity index (χ4n) is 1.30. The summed E-state index contributed by atoms with van der Waals surface area (Å²) in [5.41, 5.74) is -0.341. The van der Waals surface area contributed by atoms with Crippen molar-refractivity contribution in [1.29, 1.82) is 0 Å². The molecule has 1 aromatic carbocycles. The van der Waals surface area contributed by atoms with Gasteiger partial charge in [-0.25, -0.2) is 4.39 Å². The highest BCUT2D eigenvalue weighted by atomic mass is 35.5. The fraction of sp³-hybridized carbons (Fsp3) is 0.500. The van der Waals surface area contributed by atoms with Gasteiger partial charge in [0.1, 0.15) is 11.5 Å². The maximum atomic E-state index is 13.4. The minimum Gasteiger partial charge on any atom is -0.378 e. The Bertz CT molecular complexity index is 492. The van der Waals surface area contributed by atoms with Crippen LogP contribution in [-0.4, -0.2) is 36.0 Å². The lowest BCUT2D eigenvalue weighted by Gasteiger charge is -2.32. The van der Waals surface area contributed by atoms with Crippen molar-refractivity contribution in [2.45, 2.75) is 19.4 Å². The average Bonchev–Trinajstić information content (AvgIpc) is 2.29. The van der Waals surface area contributed by atoms with Gasteiger partial charge in [0.05, 0.1) is 9.95 Å². The first kappa shape index (κ1) is 15.7. The van der Waals surface area contributed by atoms with Crippen molar-refractivity contribution < 1.29 is 9.31 Å². The van der Waals surface area contributed by atoms with Gasteiger partial charge in [0.2, 0.25) is 0 Å². The van der Waals surface area contributed by atoms with Crippen molar-refractivity contribution in [2.24, 2.45) is 0 Å². The van der Waals surface area contributed by atoms with Crippen LogP contribution in [0.15, 0.2) is 12.1 Å². The van der Waals surface area contributed by atoms with Gasteiger partial charge in [-0.15, -0.1) is 0 Å². The van der Waals surface area contributed by atoms with E-state index >= 15 is 0 Å². The molecule has 19 heavy (non-hydrogen) atoms.